The maximum Gasteiger partial charge on any atom is 0.435 e. The Morgan fingerprint density at radius 1 is 0.559 bits per heavy atom. The highest BCUT2D eigenvalue weighted by Gasteiger charge is 2.47. The van der Waals surface area contributed by atoms with E-state index in [0.717, 1.165) is 147 Å². The third kappa shape index (κ3) is 12.6. The predicted octanol–water partition coefficient (Wildman–Crippen LogP) is 13.3. The van der Waals surface area contributed by atoms with E-state index in [1.807, 2.05) is 88.4 Å². The summed E-state index contributed by atoms with van der Waals surface area (Å²) >= 11 is 6.18. The van der Waals surface area contributed by atoms with Gasteiger partial charge in [-0.2, -0.15) is 18.3 Å². The molecule has 3 saturated heterocycles. The SMILES string of the molecule is Cc1ccc(-c2nc(C)c(C(=O)N3CCC4(CC3)COc3ccc(CN)cc34)s2)cc1.Cn1nc(C(F)(F)F)cc1-c1ccc(C(=O)N2CCC3(CC2)COc2ccc(CN)cc23)s1.NCc1ccc2c(c1)C1(CCN(C(=O)c3ccc4cc(Br)ccc4c3)CC1)CO2. The van der Waals surface area contributed by atoms with Gasteiger partial charge in [-0.1, -0.05) is 94.3 Å². The summed E-state index contributed by atoms with van der Waals surface area (Å²) in [4.78, 5) is 51.9. The van der Waals surface area contributed by atoms with Gasteiger partial charge in [0.15, 0.2) is 5.69 Å². The average molecular weight is 1360 g/mol. The molecule has 0 atom stereocenters. The number of piperidine rings is 3. The van der Waals surface area contributed by atoms with E-state index in [2.05, 4.69) is 81.5 Å². The van der Waals surface area contributed by atoms with Crippen LogP contribution in [0.2, 0.25) is 0 Å². The van der Waals surface area contributed by atoms with Gasteiger partial charge in [0.1, 0.15) is 27.1 Å². The summed E-state index contributed by atoms with van der Waals surface area (Å²) in [6, 6.07) is 43.3. The Balaban J connectivity index is 0.000000127. The van der Waals surface area contributed by atoms with Crippen molar-refractivity contribution in [3.63, 3.8) is 0 Å². The smallest absolute Gasteiger partial charge is 0.435 e. The molecular formula is C72H73BrF3N9O6S2. The number of nitrogens with zero attached hydrogens (tertiary/aromatic N) is 6. The second-order valence-electron chi connectivity index (χ2n) is 25.4. The third-order valence-corrected chi connectivity index (χ3v) is 22.4. The summed E-state index contributed by atoms with van der Waals surface area (Å²) in [6.07, 6.45) is 0.706. The Labute approximate surface area is 554 Å². The van der Waals surface area contributed by atoms with Crippen molar-refractivity contribution in [2.45, 2.75) is 94.4 Å². The van der Waals surface area contributed by atoms with Crippen LogP contribution in [0, 0.1) is 13.8 Å². The van der Waals surface area contributed by atoms with Crippen LogP contribution >= 0.6 is 38.6 Å². The van der Waals surface area contributed by atoms with E-state index in [0.29, 0.717) is 68.0 Å². The van der Waals surface area contributed by atoms with Crippen LogP contribution in [0.1, 0.15) is 119 Å². The second kappa shape index (κ2) is 25.8. The molecule has 3 aromatic heterocycles. The number of rotatable bonds is 8. The van der Waals surface area contributed by atoms with Crippen LogP contribution in [-0.4, -0.2) is 106 Å². The zero-order valence-corrected chi connectivity index (χ0v) is 55.3. The standard InChI is InChI=1S/C25H27N3O2S.C24H23BrN2O2.C23H23F3N4O2S/c1-16-3-6-19(7-4-16)23-27-17(2)22(31-23)24(29)28-11-9-25(10-12-28)15-30-21-8-5-18(14-26)13-20(21)25;25-20-5-4-17-12-19(3-2-18(17)13-20)23(28)27-9-7-24(8-10-27)15-29-22-6-1-16(14-26)11-21(22)24;1-29-16(11-20(28-29)23(24,25)26)18-4-5-19(33-18)21(31)30-8-6-22(7-9-30)13-32-17-3-2-14(12-27)10-15(17)22/h3-8,13H,9-12,14-15,26H2,1-2H3;1-6,11-13H,7-10,14-15,26H2;2-5,10-11H,6-9,12-13,27H2,1H3. The van der Waals surface area contributed by atoms with E-state index in [9.17, 15) is 27.6 Å². The number of alkyl halides is 3. The van der Waals surface area contributed by atoms with Gasteiger partial charge in [-0.25, -0.2) is 4.98 Å². The van der Waals surface area contributed by atoms with Crippen LogP contribution in [0.4, 0.5) is 13.2 Å². The van der Waals surface area contributed by atoms with Crippen molar-refractivity contribution in [1.29, 1.82) is 0 Å². The molecule has 9 heterocycles. The molecule has 6 aliphatic rings. The molecule has 3 amide bonds. The van der Waals surface area contributed by atoms with Crippen molar-refractivity contribution in [2.75, 3.05) is 59.1 Å². The van der Waals surface area contributed by atoms with Crippen LogP contribution in [0.5, 0.6) is 17.2 Å². The summed E-state index contributed by atoms with van der Waals surface area (Å²) < 4.78 is 59.1. The number of amides is 3. The van der Waals surface area contributed by atoms with Gasteiger partial charge in [0, 0.05) is 114 Å². The monoisotopic (exact) mass is 1360 g/mol. The molecule has 0 unspecified atom stereocenters. The Morgan fingerprint density at radius 3 is 1.52 bits per heavy atom. The lowest BCUT2D eigenvalue weighted by Crippen LogP contribution is -2.46. The lowest BCUT2D eigenvalue weighted by molar-refractivity contribution is -0.141. The van der Waals surface area contributed by atoms with Crippen molar-refractivity contribution in [3.05, 3.63) is 204 Å². The first-order chi connectivity index (χ1) is 44.8. The summed E-state index contributed by atoms with van der Waals surface area (Å²) in [7, 11) is 1.47. The number of hydrogen-bond acceptors (Lipinski definition) is 13. The number of halogens is 4. The van der Waals surface area contributed by atoms with E-state index in [1.165, 1.54) is 56.7 Å². The number of carbonyl (C=O) groups is 3. The molecule has 21 heteroatoms. The summed E-state index contributed by atoms with van der Waals surface area (Å²) in [6.45, 7) is 11.6. The molecule has 3 fully saturated rings. The Kier molecular flexibility index (Phi) is 17.7. The molecule has 93 heavy (non-hydrogen) atoms. The first-order valence-electron chi connectivity index (χ1n) is 31.5. The normalized spacial score (nSPS) is 17.2. The maximum absolute atomic E-state index is 13.3. The second-order valence-corrected chi connectivity index (χ2v) is 28.4. The number of likely N-dealkylation sites (tertiary alicyclic amines) is 3. The fourth-order valence-corrected chi connectivity index (χ4v) is 16.4. The van der Waals surface area contributed by atoms with Crippen molar-refractivity contribution in [1.82, 2.24) is 29.5 Å². The van der Waals surface area contributed by atoms with Crippen molar-refractivity contribution in [2.24, 2.45) is 24.2 Å². The van der Waals surface area contributed by atoms with Crippen LogP contribution < -0.4 is 31.4 Å². The largest absolute Gasteiger partial charge is 0.492 e. The minimum absolute atomic E-state index is 0.00685. The Bertz CT molecular complexity index is 4310. The molecule has 6 aliphatic heterocycles. The number of thiazole rings is 1. The van der Waals surface area contributed by atoms with E-state index in [1.54, 1.807) is 12.1 Å². The van der Waals surface area contributed by atoms with Gasteiger partial charge in [-0.05, 0) is 140 Å². The molecule has 0 radical (unpaired) electrons. The molecule has 6 N–H and O–H groups in total. The molecule has 482 valence electrons. The Hall–Kier alpha value is -7.92. The number of ether oxygens (including phenoxy) is 3. The number of aryl methyl sites for hydroxylation is 3. The molecule has 0 bridgehead atoms. The van der Waals surface area contributed by atoms with Crippen molar-refractivity contribution in [3.8, 4) is 38.4 Å². The molecule has 15 rings (SSSR count). The van der Waals surface area contributed by atoms with Crippen molar-refractivity contribution < 1.29 is 41.8 Å². The highest BCUT2D eigenvalue weighted by molar-refractivity contribution is 9.10. The van der Waals surface area contributed by atoms with Gasteiger partial charge in [0.2, 0.25) is 0 Å². The van der Waals surface area contributed by atoms with E-state index in [-0.39, 0.29) is 34.0 Å². The predicted molar refractivity (Wildman–Crippen MR) is 360 cm³/mol. The van der Waals surface area contributed by atoms with Gasteiger partial charge in [0.25, 0.3) is 17.7 Å². The number of fused-ring (bicyclic) bond motifs is 7. The van der Waals surface area contributed by atoms with Gasteiger partial charge in [0.05, 0.1) is 41.0 Å². The van der Waals surface area contributed by atoms with Crippen LogP contribution in [0.15, 0.2) is 138 Å². The van der Waals surface area contributed by atoms with Crippen LogP contribution in [0.25, 0.3) is 31.9 Å². The minimum atomic E-state index is -4.51. The molecule has 3 spiro atoms. The first kappa shape index (κ1) is 63.8. The first-order valence-corrected chi connectivity index (χ1v) is 33.9. The third-order valence-electron chi connectivity index (χ3n) is 19.7. The quantitative estimate of drug-likeness (QED) is 0.131. The number of aromatic nitrogens is 3. The number of benzene rings is 6. The average Bonchev–Trinajstić information content (AvgIpc) is 1.67. The molecule has 0 aliphatic carbocycles. The van der Waals surface area contributed by atoms with Gasteiger partial charge in [-0.3, -0.25) is 19.1 Å². The lowest BCUT2D eigenvalue weighted by Gasteiger charge is -2.38. The van der Waals surface area contributed by atoms with Crippen LogP contribution in [0.3, 0.4) is 0 Å². The minimum Gasteiger partial charge on any atom is -0.492 e. The molecule has 9 aromatic rings. The summed E-state index contributed by atoms with van der Waals surface area (Å²) in [5.41, 5.74) is 27.7. The number of thiophene rings is 1. The highest BCUT2D eigenvalue weighted by atomic mass is 79.9. The van der Waals surface area contributed by atoms with Crippen molar-refractivity contribution >= 4 is 67.1 Å². The van der Waals surface area contributed by atoms with Gasteiger partial charge < -0.3 is 46.1 Å². The molecule has 0 saturated carbocycles. The zero-order valence-electron chi connectivity index (χ0n) is 52.1. The fourth-order valence-electron chi connectivity index (χ4n) is 13.9. The van der Waals surface area contributed by atoms with Gasteiger partial charge in [-0.15, -0.1) is 22.7 Å². The highest BCUT2D eigenvalue weighted by Crippen LogP contribution is 2.49. The van der Waals surface area contributed by atoms with E-state index < -0.39 is 11.9 Å². The fraction of sp³-hybridized carbons (Fsp3) is 0.347. The number of carbonyl (C=O) groups excluding carboxylic acids is 3. The lowest BCUT2D eigenvalue weighted by atomic mass is 9.74. The van der Waals surface area contributed by atoms with E-state index >= 15 is 0 Å². The summed E-state index contributed by atoms with van der Waals surface area (Å²) in [5.74, 6) is 2.94. The summed E-state index contributed by atoms with van der Waals surface area (Å²) in [5, 5.41) is 6.67. The topological polar surface area (TPSA) is 197 Å². The molecular weight excluding hydrogens is 1290 g/mol. The molecule has 15 nitrogen and oxygen atoms in total. The van der Waals surface area contributed by atoms with E-state index in [4.69, 9.17) is 31.4 Å². The number of hydrogen-bond donors (Lipinski definition) is 3. The Morgan fingerprint density at radius 2 is 1.03 bits per heavy atom. The molecule has 6 aromatic carbocycles. The maximum atomic E-state index is 13.3. The van der Waals surface area contributed by atoms with Crippen LogP contribution in [-0.2, 0) is 49.1 Å². The van der Waals surface area contributed by atoms with Gasteiger partial charge >= 0.3 is 6.18 Å². The zero-order chi connectivity index (χ0) is 65.0. The number of nitrogens with two attached hydrogens (primary N) is 3.